The molecule has 1 N–H and O–H groups in total. The van der Waals surface area contributed by atoms with Crippen molar-refractivity contribution in [3.63, 3.8) is 0 Å². The number of nitrogens with zero attached hydrogens (tertiary/aromatic N) is 3. The maximum Gasteiger partial charge on any atom is 0.261 e. The van der Waals surface area contributed by atoms with Crippen LogP contribution in [0.2, 0.25) is 0 Å². The lowest BCUT2D eigenvalue weighted by Gasteiger charge is -2.10. The van der Waals surface area contributed by atoms with E-state index in [1.54, 1.807) is 12.1 Å². The molecule has 0 fully saturated rings. The molecule has 1 amide bonds. The highest BCUT2D eigenvalue weighted by molar-refractivity contribution is 7.20. The number of amides is 1. The second kappa shape index (κ2) is 8.99. The summed E-state index contributed by atoms with van der Waals surface area (Å²) in [5.41, 5.74) is 4.15. The predicted molar refractivity (Wildman–Crippen MR) is 123 cm³/mol. The zero-order valence-electron chi connectivity index (χ0n) is 17.9. The van der Waals surface area contributed by atoms with Gasteiger partial charge >= 0.3 is 0 Å². The number of carbonyl (C=O) groups is 1. The first-order valence-electron chi connectivity index (χ1n) is 10.1. The van der Waals surface area contributed by atoms with Gasteiger partial charge in [0, 0.05) is 18.5 Å². The lowest BCUT2D eigenvalue weighted by Crippen LogP contribution is -2.21. The van der Waals surface area contributed by atoms with Gasteiger partial charge in [-0.2, -0.15) is 5.10 Å². The average molecular weight is 437 g/mol. The minimum absolute atomic E-state index is 0.0914. The van der Waals surface area contributed by atoms with Crippen molar-refractivity contribution in [2.45, 2.75) is 26.6 Å². The van der Waals surface area contributed by atoms with Crippen molar-refractivity contribution in [1.29, 1.82) is 0 Å². The number of carbonyl (C=O) groups excluding carboxylic acids is 1. The number of nitrogens with one attached hydrogen (secondary N) is 1. The molecule has 7 heteroatoms. The van der Waals surface area contributed by atoms with E-state index in [4.69, 9.17) is 0 Å². The molecule has 2 aromatic carbocycles. The summed E-state index contributed by atoms with van der Waals surface area (Å²) in [4.78, 5) is 16.5. The van der Waals surface area contributed by atoms with Gasteiger partial charge in [0.1, 0.15) is 10.6 Å². The lowest BCUT2D eigenvalue weighted by atomic mass is 10.1. The van der Waals surface area contributed by atoms with Crippen LogP contribution in [0.5, 0.6) is 0 Å². The first-order valence-corrected chi connectivity index (χ1v) is 10.9. The first kappa shape index (κ1) is 21.2. The summed E-state index contributed by atoms with van der Waals surface area (Å²) in [7, 11) is 4.08. The summed E-state index contributed by atoms with van der Waals surface area (Å²) >= 11 is 1.43. The van der Waals surface area contributed by atoms with Gasteiger partial charge in [-0.3, -0.25) is 9.48 Å². The van der Waals surface area contributed by atoms with Crippen molar-refractivity contribution in [2.75, 3.05) is 14.1 Å². The molecule has 0 bridgehead atoms. The van der Waals surface area contributed by atoms with Crippen LogP contribution < -0.4 is 5.32 Å². The molecule has 31 heavy (non-hydrogen) atoms. The molecule has 160 valence electrons. The second-order valence-corrected chi connectivity index (χ2v) is 8.97. The van der Waals surface area contributed by atoms with Crippen LogP contribution in [-0.4, -0.2) is 34.7 Å². The number of aryl methyl sites for hydroxylation is 1. The maximum atomic E-state index is 13.2. The molecule has 0 aliphatic rings. The third-order valence-electron chi connectivity index (χ3n) is 5.05. The standard InChI is InChI=1S/C24H25FN4OS/c1-16-21-12-22(23(30)26-13-17-4-6-18(7-5-17)14-28(2)3)31-24(21)29(27-16)15-19-8-10-20(25)11-9-19/h4-12H,13-15H2,1-3H3,(H,26,30). The van der Waals surface area contributed by atoms with Gasteiger partial charge in [-0.15, -0.1) is 11.3 Å². The van der Waals surface area contributed by atoms with Crippen LogP contribution in [0.25, 0.3) is 10.2 Å². The number of rotatable bonds is 7. The molecule has 0 unspecified atom stereocenters. The molecular formula is C24H25FN4OS. The van der Waals surface area contributed by atoms with Crippen molar-refractivity contribution >= 4 is 27.5 Å². The van der Waals surface area contributed by atoms with Crippen LogP contribution in [0.1, 0.15) is 32.1 Å². The number of fused-ring (bicyclic) bond motifs is 1. The number of hydrogen-bond donors (Lipinski definition) is 1. The summed E-state index contributed by atoms with van der Waals surface area (Å²) in [5, 5.41) is 8.58. The first-order chi connectivity index (χ1) is 14.9. The Hall–Kier alpha value is -3.03. The van der Waals surface area contributed by atoms with Gasteiger partial charge in [0.15, 0.2) is 0 Å². The highest BCUT2D eigenvalue weighted by Gasteiger charge is 2.16. The summed E-state index contributed by atoms with van der Waals surface area (Å²) < 4.78 is 15.1. The van der Waals surface area contributed by atoms with E-state index in [9.17, 15) is 9.18 Å². The minimum atomic E-state index is -0.257. The molecule has 4 aromatic rings. The van der Waals surface area contributed by atoms with Crippen LogP contribution in [0.3, 0.4) is 0 Å². The van der Waals surface area contributed by atoms with Gasteiger partial charge in [0.05, 0.1) is 17.1 Å². The lowest BCUT2D eigenvalue weighted by molar-refractivity contribution is 0.0955. The van der Waals surface area contributed by atoms with Gasteiger partial charge in [-0.25, -0.2) is 4.39 Å². The fourth-order valence-corrected chi connectivity index (χ4v) is 4.57. The van der Waals surface area contributed by atoms with E-state index < -0.39 is 0 Å². The van der Waals surface area contributed by atoms with Gasteiger partial charge in [-0.05, 0) is 55.9 Å². The molecule has 2 aromatic heterocycles. The quantitative estimate of drug-likeness (QED) is 0.461. The van der Waals surface area contributed by atoms with Crippen LogP contribution in [0.15, 0.2) is 54.6 Å². The Morgan fingerprint density at radius 2 is 1.71 bits per heavy atom. The number of hydrogen-bond acceptors (Lipinski definition) is 4. The zero-order valence-corrected chi connectivity index (χ0v) is 18.7. The van der Waals surface area contributed by atoms with Crippen LogP contribution in [0.4, 0.5) is 4.39 Å². The smallest absolute Gasteiger partial charge is 0.261 e. The zero-order chi connectivity index (χ0) is 22.0. The molecular weight excluding hydrogens is 411 g/mol. The number of halogens is 1. The molecule has 0 saturated carbocycles. The third kappa shape index (κ3) is 5.00. The second-order valence-electron chi connectivity index (χ2n) is 7.94. The Bertz CT molecular complexity index is 1190. The molecule has 5 nitrogen and oxygen atoms in total. The Morgan fingerprint density at radius 1 is 1.06 bits per heavy atom. The summed E-state index contributed by atoms with van der Waals surface area (Å²) in [5.74, 6) is -0.348. The molecule has 0 spiro atoms. The van der Waals surface area contributed by atoms with Crippen molar-refractivity contribution in [2.24, 2.45) is 0 Å². The van der Waals surface area contributed by atoms with E-state index in [-0.39, 0.29) is 11.7 Å². The highest BCUT2D eigenvalue weighted by Crippen LogP contribution is 2.29. The van der Waals surface area contributed by atoms with Gasteiger partial charge in [-0.1, -0.05) is 36.4 Å². The van der Waals surface area contributed by atoms with E-state index >= 15 is 0 Å². The molecule has 0 aliphatic carbocycles. The van der Waals surface area contributed by atoms with Crippen LogP contribution in [0, 0.1) is 12.7 Å². The van der Waals surface area contributed by atoms with E-state index in [0.29, 0.717) is 18.0 Å². The largest absolute Gasteiger partial charge is 0.347 e. The van der Waals surface area contributed by atoms with Crippen molar-refractivity contribution < 1.29 is 9.18 Å². The third-order valence-corrected chi connectivity index (χ3v) is 6.20. The predicted octanol–water partition coefficient (Wildman–Crippen LogP) is 4.59. The fraction of sp³-hybridized carbons (Fsp3) is 0.250. The summed E-state index contributed by atoms with van der Waals surface area (Å²) in [6.07, 6.45) is 0. The average Bonchev–Trinajstić information content (AvgIpc) is 3.30. The normalized spacial score (nSPS) is 11.4. The molecule has 0 atom stereocenters. The Morgan fingerprint density at radius 3 is 2.39 bits per heavy atom. The summed E-state index contributed by atoms with van der Waals surface area (Å²) in [6.45, 7) is 3.84. The van der Waals surface area contributed by atoms with Crippen molar-refractivity contribution in [3.8, 4) is 0 Å². The fourth-order valence-electron chi connectivity index (χ4n) is 3.49. The van der Waals surface area contributed by atoms with Crippen molar-refractivity contribution in [1.82, 2.24) is 20.0 Å². The maximum absolute atomic E-state index is 13.2. The Labute approximate surface area is 185 Å². The van der Waals surface area contributed by atoms with Gasteiger partial charge in [0.25, 0.3) is 5.91 Å². The Kier molecular flexibility index (Phi) is 6.15. The highest BCUT2D eigenvalue weighted by atomic mass is 32.1. The van der Waals surface area contributed by atoms with E-state index in [2.05, 4.69) is 39.6 Å². The van der Waals surface area contributed by atoms with Gasteiger partial charge < -0.3 is 10.2 Å². The molecule has 0 radical (unpaired) electrons. The Balaban J connectivity index is 1.45. The van der Waals surface area contributed by atoms with Crippen LogP contribution in [-0.2, 0) is 19.6 Å². The monoisotopic (exact) mass is 436 g/mol. The van der Waals surface area contributed by atoms with E-state index in [0.717, 1.165) is 33.6 Å². The molecule has 0 aliphatic heterocycles. The van der Waals surface area contributed by atoms with Crippen molar-refractivity contribution in [3.05, 3.63) is 87.7 Å². The minimum Gasteiger partial charge on any atom is -0.347 e. The van der Waals surface area contributed by atoms with Gasteiger partial charge in [0.2, 0.25) is 0 Å². The topological polar surface area (TPSA) is 50.2 Å². The molecule has 4 rings (SSSR count). The van der Waals surface area contributed by atoms with E-state index in [1.165, 1.54) is 29.0 Å². The summed E-state index contributed by atoms with van der Waals surface area (Å²) in [6, 6.07) is 16.6. The number of benzene rings is 2. The SMILES string of the molecule is Cc1nn(Cc2ccc(F)cc2)c2sc(C(=O)NCc3ccc(CN(C)C)cc3)cc12. The molecule has 2 heterocycles. The number of thiophene rings is 1. The van der Waals surface area contributed by atoms with Crippen LogP contribution >= 0.6 is 11.3 Å². The molecule has 0 saturated heterocycles. The van der Waals surface area contributed by atoms with E-state index in [1.807, 2.05) is 31.8 Å². The number of aromatic nitrogens is 2.